The van der Waals surface area contributed by atoms with Gasteiger partial charge < -0.3 is 20.7 Å². The predicted octanol–water partition coefficient (Wildman–Crippen LogP) is 3.38. The van der Waals surface area contributed by atoms with Gasteiger partial charge in [0.1, 0.15) is 12.4 Å². The fourth-order valence-electron chi connectivity index (χ4n) is 3.39. The van der Waals surface area contributed by atoms with Crippen LogP contribution in [0.15, 0.2) is 54.6 Å². The molecule has 1 unspecified atom stereocenters. The van der Waals surface area contributed by atoms with Crippen LogP contribution in [-0.4, -0.2) is 35.8 Å². The van der Waals surface area contributed by atoms with E-state index in [0.717, 1.165) is 29.8 Å². The number of nitrogens with zero attached hydrogens (tertiary/aromatic N) is 1. The van der Waals surface area contributed by atoms with Gasteiger partial charge in [-0.3, -0.25) is 9.59 Å². The van der Waals surface area contributed by atoms with E-state index in [9.17, 15) is 9.59 Å². The lowest BCUT2D eigenvalue weighted by atomic mass is 10.0. The summed E-state index contributed by atoms with van der Waals surface area (Å²) in [5.41, 5.74) is 7.44. The number of anilines is 1. The van der Waals surface area contributed by atoms with E-state index >= 15 is 0 Å². The highest BCUT2D eigenvalue weighted by molar-refractivity contribution is 5.86. The minimum atomic E-state index is -0.376. The van der Waals surface area contributed by atoms with Crippen molar-refractivity contribution in [3.05, 3.63) is 66.6 Å². The Morgan fingerprint density at radius 3 is 2.43 bits per heavy atom. The summed E-state index contributed by atoms with van der Waals surface area (Å²) in [4.78, 5) is 25.2. The summed E-state index contributed by atoms with van der Waals surface area (Å²) in [6, 6.07) is 18.4. The molecule has 2 aromatic rings. The van der Waals surface area contributed by atoms with Crippen molar-refractivity contribution in [2.75, 3.05) is 18.4 Å². The number of carbonyl (C=O) groups excluding carboxylic acids is 2. The van der Waals surface area contributed by atoms with Crippen LogP contribution in [-0.2, 0) is 16.2 Å². The number of amides is 2. The topological polar surface area (TPSA) is 84.7 Å². The zero-order valence-electron chi connectivity index (χ0n) is 17.4. The van der Waals surface area contributed by atoms with Crippen molar-refractivity contribution < 1.29 is 14.3 Å². The third-order valence-corrected chi connectivity index (χ3v) is 5.41. The molecule has 6 nitrogen and oxygen atoms in total. The summed E-state index contributed by atoms with van der Waals surface area (Å²) in [5.74, 6) is 0.137. The fourth-order valence-corrected chi connectivity index (χ4v) is 3.39. The van der Waals surface area contributed by atoms with Crippen LogP contribution in [0.2, 0.25) is 0 Å². The van der Waals surface area contributed by atoms with Crippen LogP contribution < -0.4 is 15.8 Å². The standard InChI is InChI=1S/C24H30N3O3/c1-18(24(25)29)7-12-23(28)27-15-13-21(14-16-27)26-20-8-10-22(11-9-20)30-17-19-5-3-2-4-6-19/h2-6,8-12,18,21,26H,7,13-17H2,1H3,(H2,25,29). The molecule has 2 aromatic carbocycles. The van der Waals surface area contributed by atoms with Crippen molar-refractivity contribution in [2.24, 2.45) is 11.7 Å². The van der Waals surface area contributed by atoms with E-state index in [-0.39, 0.29) is 17.7 Å². The Labute approximate surface area is 178 Å². The summed E-state index contributed by atoms with van der Waals surface area (Å²) in [6.07, 6.45) is 3.75. The number of nitrogens with two attached hydrogens (primary N) is 1. The molecular weight excluding hydrogens is 378 g/mol. The Hall–Kier alpha value is -3.02. The van der Waals surface area contributed by atoms with Gasteiger partial charge in [0.2, 0.25) is 11.8 Å². The molecule has 1 aliphatic rings. The molecule has 159 valence electrons. The Morgan fingerprint density at radius 2 is 1.80 bits per heavy atom. The molecule has 1 atom stereocenters. The average molecular weight is 409 g/mol. The van der Waals surface area contributed by atoms with Gasteiger partial charge in [-0.05, 0) is 49.1 Å². The molecule has 6 heteroatoms. The van der Waals surface area contributed by atoms with Crippen molar-refractivity contribution in [1.29, 1.82) is 0 Å². The predicted molar refractivity (Wildman–Crippen MR) is 118 cm³/mol. The number of likely N-dealkylation sites (tertiary alicyclic amines) is 1. The van der Waals surface area contributed by atoms with Crippen molar-refractivity contribution in [2.45, 2.75) is 38.8 Å². The highest BCUT2D eigenvalue weighted by atomic mass is 16.5. The molecule has 0 saturated carbocycles. The monoisotopic (exact) mass is 408 g/mol. The quantitative estimate of drug-likeness (QED) is 0.666. The van der Waals surface area contributed by atoms with E-state index in [1.165, 1.54) is 0 Å². The number of hydrogen-bond donors (Lipinski definition) is 2. The number of rotatable bonds is 9. The maximum atomic E-state index is 12.3. The second kappa shape index (κ2) is 10.7. The zero-order chi connectivity index (χ0) is 21.3. The van der Waals surface area contributed by atoms with Gasteiger partial charge in [0, 0.05) is 30.7 Å². The van der Waals surface area contributed by atoms with E-state index in [1.807, 2.05) is 59.5 Å². The molecule has 0 bridgehead atoms. The molecule has 1 fully saturated rings. The smallest absolute Gasteiger partial charge is 0.226 e. The largest absolute Gasteiger partial charge is 0.489 e. The Balaban J connectivity index is 1.39. The molecule has 1 heterocycles. The third-order valence-electron chi connectivity index (χ3n) is 5.41. The molecular formula is C24H30N3O3. The van der Waals surface area contributed by atoms with Crippen LogP contribution in [0.25, 0.3) is 0 Å². The summed E-state index contributed by atoms with van der Waals surface area (Å²) in [7, 11) is 0. The molecule has 2 amide bonds. The van der Waals surface area contributed by atoms with Gasteiger partial charge in [-0.1, -0.05) is 37.3 Å². The lowest BCUT2D eigenvalue weighted by molar-refractivity contribution is -0.128. The van der Waals surface area contributed by atoms with Crippen LogP contribution in [0.3, 0.4) is 0 Å². The van der Waals surface area contributed by atoms with Crippen molar-refractivity contribution >= 4 is 17.5 Å². The van der Waals surface area contributed by atoms with Crippen LogP contribution in [0, 0.1) is 12.3 Å². The van der Waals surface area contributed by atoms with Crippen LogP contribution >= 0.6 is 0 Å². The van der Waals surface area contributed by atoms with Gasteiger partial charge in [0.15, 0.2) is 0 Å². The maximum Gasteiger partial charge on any atom is 0.226 e. The van der Waals surface area contributed by atoms with E-state index in [1.54, 1.807) is 13.3 Å². The molecule has 1 saturated heterocycles. The summed E-state index contributed by atoms with van der Waals surface area (Å²) in [5, 5.41) is 3.54. The minimum Gasteiger partial charge on any atom is -0.489 e. The third kappa shape index (κ3) is 6.51. The number of hydrogen-bond acceptors (Lipinski definition) is 4. The van der Waals surface area contributed by atoms with E-state index in [4.69, 9.17) is 10.5 Å². The lowest BCUT2D eigenvalue weighted by Crippen LogP contribution is -2.42. The first-order chi connectivity index (χ1) is 14.5. The van der Waals surface area contributed by atoms with Crippen LogP contribution in [0.1, 0.15) is 31.7 Å². The van der Waals surface area contributed by atoms with E-state index in [0.29, 0.717) is 32.2 Å². The van der Waals surface area contributed by atoms with Gasteiger partial charge in [-0.15, -0.1) is 0 Å². The summed E-state index contributed by atoms with van der Waals surface area (Å²) in [6.45, 7) is 3.70. The number of carbonyl (C=O) groups is 2. The molecule has 1 aliphatic heterocycles. The SMILES string of the molecule is CC(C[CH]C(=O)N1CCC(Nc2ccc(OCc3ccccc3)cc2)CC1)C(N)=O. The van der Waals surface area contributed by atoms with E-state index in [2.05, 4.69) is 5.32 Å². The summed E-state index contributed by atoms with van der Waals surface area (Å²) < 4.78 is 5.83. The van der Waals surface area contributed by atoms with Crippen LogP contribution in [0.5, 0.6) is 5.75 Å². The number of piperidine rings is 1. The molecule has 1 radical (unpaired) electrons. The molecule has 0 spiro atoms. The minimum absolute atomic E-state index is 0.0125. The first-order valence-electron chi connectivity index (χ1n) is 10.5. The van der Waals surface area contributed by atoms with Crippen molar-refractivity contribution in [3.8, 4) is 5.75 Å². The van der Waals surface area contributed by atoms with Gasteiger partial charge in [0.25, 0.3) is 0 Å². The molecule has 30 heavy (non-hydrogen) atoms. The highest BCUT2D eigenvalue weighted by Crippen LogP contribution is 2.21. The lowest BCUT2D eigenvalue weighted by Gasteiger charge is -2.33. The Bertz CT molecular complexity index is 815. The van der Waals surface area contributed by atoms with Gasteiger partial charge in [-0.2, -0.15) is 0 Å². The van der Waals surface area contributed by atoms with Gasteiger partial charge in [-0.25, -0.2) is 0 Å². The average Bonchev–Trinajstić information content (AvgIpc) is 2.78. The van der Waals surface area contributed by atoms with Crippen molar-refractivity contribution in [1.82, 2.24) is 4.90 Å². The first-order valence-corrected chi connectivity index (χ1v) is 10.5. The van der Waals surface area contributed by atoms with E-state index < -0.39 is 0 Å². The normalized spacial score (nSPS) is 15.4. The summed E-state index contributed by atoms with van der Waals surface area (Å²) >= 11 is 0. The number of primary amides is 1. The second-order valence-corrected chi connectivity index (χ2v) is 7.79. The van der Waals surface area contributed by atoms with Crippen LogP contribution in [0.4, 0.5) is 5.69 Å². The Kier molecular flexibility index (Phi) is 7.71. The molecule has 0 aliphatic carbocycles. The maximum absolute atomic E-state index is 12.3. The Morgan fingerprint density at radius 1 is 1.13 bits per heavy atom. The highest BCUT2D eigenvalue weighted by Gasteiger charge is 2.23. The number of ether oxygens (including phenoxy) is 1. The second-order valence-electron chi connectivity index (χ2n) is 7.79. The van der Waals surface area contributed by atoms with Gasteiger partial charge in [0.05, 0.1) is 6.42 Å². The fraction of sp³-hybridized carbons (Fsp3) is 0.375. The van der Waals surface area contributed by atoms with Crippen molar-refractivity contribution in [3.63, 3.8) is 0 Å². The molecule has 3 N–H and O–H groups in total. The number of benzene rings is 2. The first kappa shape index (κ1) is 21.7. The number of nitrogens with one attached hydrogen (secondary N) is 1. The molecule has 3 rings (SSSR count). The van der Waals surface area contributed by atoms with Gasteiger partial charge >= 0.3 is 0 Å². The molecule has 0 aromatic heterocycles. The zero-order valence-corrected chi connectivity index (χ0v) is 17.4.